The number of imidazole rings is 2. The van der Waals surface area contributed by atoms with Crippen molar-refractivity contribution in [2.24, 2.45) is 7.05 Å². The van der Waals surface area contributed by atoms with Crippen molar-refractivity contribution in [3.63, 3.8) is 0 Å². The van der Waals surface area contributed by atoms with Crippen LogP contribution in [0.25, 0.3) is 29.1 Å². The molecule has 0 fully saturated rings. The van der Waals surface area contributed by atoms with Crippen LogP contribution in [0, 0.1) is 0 Å². The van der Waals surface area contributed by atoms with Crippen molar-refractivity contribution in [2.45, 2.75) is 6.18 Å². The molecule has 3 heterocycles. The monoisotopic (exact) mass is 440 g/mol. The van der Waals surface area contributed by atoms with Crippen LogP contribution in [0.2, 0.25) is 0 Å². The largest absolute Gasteiger partial charge is 0.405 e. The first-order valence-corrected chi connectivity index (χ1v) is 9.62. The summed E-state index contributed by atoms with van der Waals surface area (Å²) in [5.41, 5.74) is 4.57. The van der Waals surface area contributed by atoms with E-state index in [2.05, 4.69) is 15.3 Å². The standard InChI is InChI=1S/C22H19F3N6O/c1-30-14-26-11-18(30)6-5-15-7-8-31-19(12-27-20(31)9-15)16-3-2-4-17(10-16)29-21(32)28-13-22(23,24)25/h2-12,14H,13H2,1H3,(H2,28,29,32)/b6-5+. The molecule has 2 N–H and O–H groups in total. The van der Waals surface area contributed by atoms with Gasteiger partial charge in [-0.15, -0.1) is 0 Å². The van der Waals surface area contributed by atoms with Crippen molar-refractivity contribution >= 4 is 29.5 Å². The Labute approximate surface area is 181 Å². The first-order valence-electron chi connectivity index (χ1n) is 9.62. The van der Waals surface area contributed by atoms with Gasteiger partial charge in [-0.3, -0.25) is 4.40 Å². The van der Waals surface area contributed by atoms with E-state index in [-0.39, 0.29) is 0 Å². The number of nitrogens with zero attached hydrogens (tertiary/aromatic N) is 4. The molecule has 7 nitrogen and oxygen atoms in total. The van der Waals surface area contributed by atoms with E-state index in [1.165, 1.54) is 0 Å². The average molecular weight is 440 g/mol. The Hall–Kier alpha value is -4.08. The summed E-state index contributed by atoms with van der Waals surface area (Å²) in [5.74, 6) is 0. The second-order valence-electron chi connectivity index (χ2n) is 7.10. The Balaban J connectivity index is 1.52. The van der Waals surface area contributed by atoms with E-state index in [1.54, 1.807) is 42.2 Å². The predicted octanol–water partition coefficient (Wildman–Crippen LogP) is 4.59. The first-order chi connectivity index (χ1) is 15.3. The maximum atomic E-state index is 12.3. The zero-order valence-corrected chi connectivity index (χ0v) is 17.0. The number of hydrogen-bond acceptors (Lipinski definition) is 3. The number of aromatic nitrogens is 4. The molecule has 3 aromatic heterocycles. The van der Waals surface area contributed by atoms with Crippen LogP contribution in [0.5, 0.6) is 0 Å². The number of rotatable bonds is 5. The van der Waals surface area contributed by atoms with E-state index in [9.17, 15) is 18.0 Å². The molecule has 0 aliphatic rings. The number of carbonyl (C=O) groups excluding carboxylic acids is 1. The molecule has 32 heavy (non-hydrogen) atoms. The van der Waals surface area contributed by atoms with Crippen molar-refractivity contribution in [1.29, 1.82) is 0 Å². The normalized spacial score (nSPS) is 11.9. The molecule has 0 unspecified atom stereocenters. The number of pyridine rings is 1. The fourth-order valence-corrected chi connectivity index (χ4v) is 3.14. The number of fused-ring (bicyclic) bond motifs is 1. The number of carbonyl (C=O) groups is 1. The van der Waals surface area contributed by atoms with Gasteiger partial charge in [0.1, 0.15) is 12.2 Å². The van der Waals surface area contributed by atoms with Gasteiger partial charge in [-0.1, -0.05) is 18.2 Å². The van der Waals surface area contributed by atoms with E-state index in [1.807, 2.05) is 52.6 Å². The maximum Gasteiger partial charge on any atom is 0.405 e. The summed E-state index contributed by atoms with van der Waals surface area (Å²) in [7, 11) is 1.92. The number of halogens is 3. The molecule has 0 bridgehead atoms. The second-order valence-corrected chi connectivity index (χ2v) is 7.10. The van der Waals surface area contributed by atoms with Crippen molar-refractivity contribution in [3.05, 3.63) is 72.6 Å². The number of hydrogen-bond donors (Lipinski definition) is 2. The summed E-state index contributed by atoms with van der Waals surface area (Å²) in [4.78, 5) is 20.3. The molecule has 0 saturated carbocycles. The van der Waals surface area contributed by atoms with E-state index in [0.29, 0.717) is 5.69 Å². The number of benzene rings is 1. The van der Waals surface area contributed by atoms with Gasteiger partial charge in [0.15, 0.2) is 0 Å². The highest BCUT2D eigenvalue weighted by Crippen LogP contribution is 2.24. The second kappa shape index (κ2) is 8.58. The maximum absolute atomic E-state index is 12.3. The molecule has 164 valence electrons. The molecule has 4 rings (SSSR count). The lowest BCUT2D eigenvalue weighted by Crippen LogP contribution is -2.36. The average Bonchev–Trinajstić information content (AvgIpc) is 3.36. The van der Waals surface area contributed by atoms with Gasteiger partial charge in [0.2, 0.25) is 0 Å². The fraction of sp³-hybridized carbons (Fsp3) is 0.136. The lowest BCUT2D eigenvalue weighted by atomic mass is 10.1. The molecule has 1 aromatic carbocycles. The van der Waals surface area contributed by atoms with E-state index < -0.39 is 18.8 Å². The molecule has 0 atom stereocenters. The zero-order valence-electron chi connectivity index (χ0n) is 17.0. The molecule has 0 aliphatic carbocycles. The minimum absolute atomic E-state index is 0.368. The smallest absolute Gasteiger partial charge is 0.334 e. The number of amides is 2. The first kappa shape index (κ1) is 21.2. The molecule has 10 heteroatoms. The SMILES string of the molecule is Cn1cncc1/C=C/c1ccn2c(-c3cccc(NC(=O)NCC(F)(F)F)c3)cnc2c1. The van der Waals surface area contributed by atoms with Crippen molar-refractivity contribution < 1.29 is 18.0 Å². The molecular formula is C22H19F3N6O. The minimum atomic E-state index is -4.47. The lowest BCUT2D eigenvalue weighted by molar-refractivity contribution is -0.122. The number of aryl methyl sites for hydroxylation is 1. The number of urea groups is 1. The van der Waals surface area contributed by atoms with Gasteiger partial charge in [0.25, 0.3) is 0 Å². The van der Waals surface area contributed by atoms with Crippen molar-refractivity contribution in [1.82, 2.24) is 24.3 Å². The Morgan fingerprint density at radius 1 is 1.16 bits per heavy atom. The topological polar surface area (TPSA) is 76.2 Å². The third-order valence-electron chi connectivity index (χ3n) is 4.70. The zero-order chi connectivity index (χ0) is 22.7. The molecule has 0 spiro atoms. The summed E-state index contributed by atoms with van der Waals surface area (Å²) in [6.07, 6.45) is 6.54. The lowest BCUT2D eigenvalue weighted by Gasteiger charge is -2.10. The van der Waals surface area contributed by atoms with Gasteiger partial charge in [-0.05, 0) is 35.9 Å². The predicted molar refractivity (Wildman–Crippen MR) is 116 cm³/mol. The summed E-state index contributed by atoms with van der Waals surface area (Å²) < 4.78 is 40.6. The van der Waals surface area contributed by atoms with Crippen LogP contribution in [-0.4, -0.2) is 37.7 Å². The third-order valence-corrected chi connectivity index (χ3v) is 4.70. The molecular weight excluding hydrogens is 421 g/mol. The Morgan fingerprint density at radius 2 is 2.00 bits per heavy atom. The highest BCUT2D eigenvalue weighted by Gasteiger charge is 2.27. The molecule has 2 amide bonds. The summed E-state index contributed by atoms with van der Waals surface area (Å²) in [6, 6.07) is 9.76. The highest BCUT2D eigenvalue weighted by molar-refractivity contribution is 5.90. The molecule has 0 saturated heterocycles. The van der Waals surface area contributed by atoms with E-state index >= 15 is 0 Å². The van der Waals surface area contributed by atoms with Crippen molar-refractivity contribution in [2.75, 3.05) is 11.9 Å². The Bertz CT molecular complexity index is 1290. The number of anilines is 1. The van der Waals surface area contributed by atoms with Gasteiger partial charge in [0.05, 0.1) is 30.1 Å². The van der Waals surface area contributed by atoms with Gasteiger partial charge in [0, 0.05) is 24.5 Å². The minimum Gasteiger partial charge on any atom is -0.334 e. The summed E-state index contributed by atoms with van der Waals surface area (Å²) >= 11 is 0. The van der Waals surface area contributed by atoms with E-state index in [0.717, 1.165) is 28.2 Å². The molecule has 0 radical (unpaired) electrons. The van der Waals surface area contributed by atoms with Crippen LogP contribution in [0.15, 0.2) is 61.3 Å². The van der Waals surface area contributed by atoms with Crippen LogP contribution in [0.4, 0.5) is 23.7 Å². The van der Waals surface area contributed by atoms with Crippen LogP contribution in [0.3, 0.4) is 0 Å². The summed E-state index contributed by atoms with van der Waals surface area (Å²) in [6.45, 7) is -1.40. The third kappa shape index (κ3) is 4.97. The summed E-state index contributed by atoms with van der Waals surface area (Å²) in [5, 5.41) is 4.19. The molecule has 4 aromatic rings. The van der Waals surface area contributed by atoms with Crippen LogP contribution >= 0.6 is 0 Å². The van der Waals surface area contributed by atoms with Gasteiger partial charge in [-0.25, -0.2) is 14.8 Å². The quantitative estimate of drug-likeness (QED) is 0.477. The van der Waals surface area contributed by atoms with Crippen LogP contribution in [-0.2, 0) is 7.05 Å². The Kier molecular flexibility index (Phi) is 5.67. The molecule has 0 aliphatic heterocycles. The highest BCUT2D eigenvalue weighted by atomic mass is 19.4. The number of alkyl halides is 3. The van der Waals surface area contributed by atoms with Gasteiger partial charge >= 0.3 is 12.2 Å². The van der Waals surface area contributed by atoms with Crippen LogP contribution < -0.4 is 10.6 Å². The van der Waals surface area contributed by atoms with Gasteiger partial charge in [-0.2, -0.15) is 13.2 Å². The van der Waals surface area contributed by atoms with Gasteiger partial charge < -0.3 is 15.2 Å². The van der Waals surface area contributed by atoms with Crippen LogP contribution in [0.1, 0.15) is 11.3 Å². The fourth-order valence-electron chi connectivity index (χ4n) is 3.14. The van der Waals surface area contributed by atoms with Crippen molar-refractivity contribution in [3.8, 4) is 11.3 Å². The Morgan fingerprint density at radius 3 is 2.75 bits per heavy atom. The number of nitrogens with one attached hydrogen (secondary N) is 2. The van der Waals surface area contributed by atoms with E-state index in [4.69, 9.17) is 0 Å².